The topological polar surface area (TPSA) is 92.6 Å². The number of hydrogen-bond donors (Lipinski definition) is 0. The van der Waals surface area contributed by atoms with Crippen LogP contribution in [0.15, 0.2) is 28.5 Å². The van der Waals surface area contributed by atoms with Crippen LogP contribution in [-0.4, -0.2) is 56.2 Å². The molecule has 31 heavy (non-hydrogen) atoms. The molecule has 0 spiro atoms. The lowest BCUT2D eigenvalue weighted by atomic mass is 10.1. The average Bonchev–Trinajstić information content (AvgIpc) is 2.61. The van der Waals surface area contributed by atoms with Crippen molar-refractivity contribution < 1.29 is 52.7 Å². The van der Waals surface area contributed by atoms with Crippen molar-refractivity contribution in [3.8, 4) is 11.5 Å². The Hall–Kier alpha value is -2.26. The largest absolute Gasteiger partial charge is 0.502 e. The highest BCUT2D eigenvalue weighted by Gasteiger charge is 2.59. The first-order chi connectivity index (χ1) is 13.9. The highest BCUT2D eigenvalue weighted by Crippen LogP contribution is 2.39. The normalized spacial score (nSPS) is 13.5. The molecule has 0 heterocycles. The first-order valence-corrected chi connectivity index (χ1v) is 10.8. The van der Waals surface area contributed by atoms with E-state index in [-0.39, 0.29) is 23.1 Å². The van der Waals surface area contributed by atoms with E-state index in [9.17, 15) is 43.2 Å². The summed E-state index contributed by atoms with van der Waals surface area (Å²) in [5.74, 6) is 0.327. The molecule has 1 aromatic rings. The lowest BCUT2D eigenvalue weighted by molar-refractivity contribution is -0.0444. The number of alkyl halides is 6. The summed E-state index contributed by atoms with van der Waals surface area (Å²) >= 11 is 0. The van der Waals surface area contributed by atoms with Gasteiger partial charge in [0, 0.05) is 5.56 Å². The standard InChI is InChI=1S/C16H17F6NO6S2/c1-23(2)11-9-12(28-3)10(8-13(11)29-4)6-5-7-14(30(24,25)15(17,18)19)31(26,27)16(20,21)22/h5-9H,1-4H3/q+1. The van der Waals surface area contributed by atoms with Crippen LogP contribution in [0.4, 0.5) is 32.0 Å². The van der Waals surface area contributed by atoms with Crippen LogP contribution in [0.1, 0.15) is 5.56 Å². The Labute approximate surface area is 174 Å². The SMILES string of the molecule is COc1cc([N+](C)C)c(OC)cc1C=CC=C(S(=O)(=O)C(F)(F)F)S(=O)(=O)C(F)(F)F. The molecule has 175 valence electrons. The van der Waals surface area contributed by atoms with E-state index in [2.05, 4.69) is 0 Å². The van der Waals surface area contributed by atoms with Crippen molar-refractivity contribution >= 4 is 31.4 Å². The Kier molecular flexibility index (Phi) is 7.84. The van der Waals surface area contributed by atoms with Gasteiger partial charge in [-0.05, 0) is 12.1 Å². The molecular weight excluding hydrogens is 480 g/mol. The van der Waals surface area contributed by atoms with Gasteiger partial charge in [0.05, 0.1) is 20.3 Å². The van der Waals surface area contributed by atoms with Gasteiger partial charge in [-0.15, -0.1) is 4.90 Å². The molecule has 7 nitrogen and oxygen atoms in total. The van der Waals surface area contributed by atoms with E-state index in [0.717, 1.165) is 6.08 Å². The number of methoxy groups -OCH3 is 2. The maximum Gasteiger partial charge on any atom is 0.502 e. The predicted molar refractivity (Wildman–Crippen MR) is 100 cm³/mol. The Bertz CT molecular complexity index is 1040. The summed E-state index contributed by atoms with van der Waals surface area (Å²) in [6, 6.07) is 2.73. The van der Waals surface area contributed by atoms with Crippen LogP contribution in [0.2, 0.25) is 0 Å². The number of nitrogens with zero attached hydrogens (tertiary/aromatic N) is 1. The summed E-state index contributed by atoms with van der Waals surface area (Å²) in [4.78, 5) is 1.62. The van der Waals surface area contributed by atoms with Gasteiger partial charge in [-0.1, -0.05) is 12.2 Å². The second-order valence-electron chi connectivity index (χ2n) is 5.90. The van der Waals surface area contributed by atoms with E-state index >= 15 is 0 Å². The molecule has 0 aliphatic carbocycles. The first-order valence-electron chi connectivity index (χ1n) is 7.86. The molecule has 0 aromatic heterocycles. The monoisotopic (exact) mass is 497 g/mol. The van der Waals surface area contributed by atoms with Crippen molar-refractivity contribution in [2.75, 3.05) is 28.3 Å². The van der Waals surface area contributed by atoms with E-state index in [1.807, 2.05) is 0 Å². The van der Waals surface area contributed by atoms with Crippen molar-refractivity contribution in [2.24, 2.45) is 0 Å². The number of rotatable bonds is 7. The van der Waals surface area contributed by atoms with E-state index in [1.165, 1.54) is 26.4 Å². The molecule has 1 rings (SSSR count). The zero-order valence-corrected chi connectivity index (χ0v) is 18.0. The van der Waals surface area contributed by atoms with Crippen molar-refractivity contribution in [3.05, 3.63) is 34.1 Å². The van der Waals surface area contributed by atoms with E-state index in [4.69, 9.17) is 9.47 Å². The lowest BCUT2D eigenvalue weighted by Crippen LogP contribution is -2.34. The zero-order chi connectivity index (χ0) is 24.4. The van der Waals surface area contributed by atoms with Crippen LogP contribution in [0, 0.1) is 0 Å². The summed E-state index contributed by atoms with van der Waals surface area (Å²) in [7, 11) is -7.84. The van der Waals surface area contributed by atoms with E-state index < -0.39 is 34.9 Å². The Balaban J connectivity index is 3.71. The van der Waals surface area contributed by atoms with Gasteiger partial charge in [0.15, 0.2) is 9.99 Å². The molecule has 0 aliphatic heterocycles. The summed E-state index contributed by atoms with van der Waals surface area (Å²) in [6.07, 6.45) is 0.977. The molecule has 0 N–H and O–H groups in total. The van der Waals surface area contributed by atoms with Gasteiger partial charge in [0.1, 0.15) is 19.8 Å². The van der Waals surface area contributed by atoms with Crippen molar-refractivity contribution in [2.45, 2.75) is 11.0 Å². The van der Waals surface area contributed by atoms with Gasteiger partial charge in [0.2, 0.25) is 5.69 Å². The number of halogens is 6. The molecule has 0 amide bonds. The molecule has 0 bridgehead atoms. The Morgan fingerprint density at radius 2 is 1.32 bits per heavy atom. The maximum absolute atomic E-state index is 12.8. The Morgan fingerprint density at radius 3 is 1.68 bits per heavy atom. The molecule has 0 fully saturated rings. The van der Waals surface area contributed by atoms with Crippen molar-refractivity contribution in [1.29, 1.82) is 0 Å². The molecule has 0 saturated carbocycles. The smallest absolute Gasteiger partial charge is 0.496 e. The second-order valence-corrected chi connectivity index (χ2v) is 9.98. The number of sulfone groups is 2. The summed E-state index contributed by atoms with van der Waals surface area (Å²) in [5.41, 5.74) is -12.0. The van der Waals surface area contributed by atoms with Crippen LogP contribution in [0.3, 0.4) is 0 Å². The second kappa shape index (κ2) is 9.08. The number of benzene rings is 1. The fourth-order valence-electron chi connectivity index (χ4n) is 2.17. The highest BCUT2D eigenvalue weighted by molar-refractivity contribution is 8.15. The Morgan fingerprint density at radius 1 is 0.871 bits per heavy atom. The number of hydrogen-bond acceptors (Lipinski definition) is 7. The van der Waals surface area contributed by atoms with Crippen molar-refractivity contribution in [3.63, 3.8) is 0 Å². The van der Waals surface area contributed by atoms with Crippen LogP contribution in [0.5, 0.6) is 11.5 Å². The summed E-state index contributed by atoms with van der Waals surface area (Å²) < 4.78 is 130. The molecule has 0 atom stereocenters. The van der Waals surface area contributed by atoms with Gasteiger partial charge in [0.25, 0.3) is 19.7 Å². The third-order valence-corrected chi connectivity index (χ3v) is 7.53. The molecule has 0 unspecified atom stereocenters. The zero-order valence-electron chi connectivity index (χ0n) is 16.4. The van der Waals surface area contributed by atoms with Gasteiger partial charge in [-0.2, -0.15) is 26.3 Å². The van der Waals surface area contributed by atoms with Gasteiger partial charge >= 0.3 is 11.0 Å². The highest BCUT2D eigenvalue weighted by atomic mass is 32.3. The molecule has 0 saturated heterocycles. The summed E-state index contributed by atoms with van der Waals surface area (Å²) in [6.45, 7) is 0. The predicted octanol–water partition coefficient (Wildman–Crippen LogP) is 3.46. The van der Waals surface area contributed by atoms with Crippen LogP contribution < -0.4 is 14.4 Å². The van der Waals surface area contributed by atoms with Crippen LogP contribution in [0.25, 0.3) is 6.08 Å². The third kappa shape index (κ3) is 5.51. The number of ether oxygens (including phenoxy) is 2. The minimum absolute atomic E-state index is 0.0503. The minimum Gasteiger partial charge on any atom is -0.496 e. The minimum atomic E-state index is -6.84. The molecule has 15 heteroatoms. The van der Waals surface area contributed by atoms with E-state index in [0.29, 0.717) is 11.8 Å². The maximum atomic E-state index is 12.8. The molecule has 1 radical (unpaired) electrons. The number of anilines is 1. The molecule has 1 aromatic carbocycles. The lowest BCUT2D eigenvalue weighted by Gasteiger charge is -2.14. The van der Waals surface area contributed by atoms with Gasteiger partial charge < -0.3 is 9.47 Å². The molecular formula is C16H17F6NO6S2+. The van der Waals surface area contributed by atoms with Gasteiger partial charge in [-0.25, -0.2) is 16.8 Å². The fraction of sp³-hybridized carbons (Fsp3) is 0.375. The van der Waals surface area contributed by atoms with E-state index in [1.54, 1.807) is 19.0 Å². The molecule has 0 aliphatic rings. The van der Waals surface area contributed by atoms with Crippen LogP contribution >= 0.6 is 0 Å². The van der Waals surface area contributed by atoms with Gasteiger partial charge in [-0.3, -0.25) is 0 Å². The van der Waals surface area contributed by atoms with Crippen LogP contribution in [-0.2, 0) is 19.7 Å². The quantitative estimate of drug-likeness (QED) is 0.326. The fourth-order valence-corrected chi connectivity index (χ4v) is 4.86. The first kappa shape index (κ1) is 26.8. The number of allylic oxidation sites excluding steroid dienone is 2. The van der Waals surface area contributed by atoms with Crippen molar-refractivity contribution in [1.82, 2.24) is 4.90 Å². The summed E-state index contributed by atoms with van der Waals surface area (Å²) in [5, 5.41) is 0. The third-order valence-electron chi connectivity index (χ3n) is 3.66. The average molecular weight is 497 g/mol.